The van der Waals surface area contributed by atoms with Crippen molar-refractivity contribution in [2.24, 2.45) is 0 Å². The van der Waals surface area contributed by atoms with Gasteiger partial charge in [0.2, 0.25) is 0 Å². The van der Waals surface area contributed by atoms with E-state index in [1.807, 2.05) is 0 Å². The molecule has 124 valence electrons. The van der Waals surface area contributed by atoms with Gasteiger partial charge in [-0.05, 0) is 26.3 Å². The van der Waals surface area contributed by atoms with Crippen molar-refractivity contribution in [3.63, 3.8) is 0 Å². The lowest BCUT2D eigenvalue weighted by atomic mass is 9.90. The van der Waals surface area contributed by atoms with Gasteiger partial charge in [0.05, 0.1) is 5.60 Å². The molecule has 0 bridgehead atoms. The van der Waals surface area contributed by atoms with Crippen molar-refractivity contribution in [3.05, 3.63) is 42.0 Å². The van der Waals surface area contributed by atoms with Crippen LogP contribution in [0.25, 0.3) is 6.08 Å². The number of rotatable bonds is 3. The van der Waals surface area contributed by atoms with Crippen LogP contribution in [0.1, 0.15) is 31.9 Å². The fourth-order valence-corrected chi connectivity index (χ4v) is 1.98. The minimum absolute atomic E-state index is 0.401. The molecule has 22 heavy (non-hydrogen) atoms. The Morgan fingerprint density at radius 1 is 0.864 bits per heavy atom. The smallest absolute Gasteiger partial charge is 0.348 e. The van der Waals surface area contributed by atoms with Crippen LogP contribution >= 0.6 is 0 Å². The maximum absolute atomic E-state index is 13.4. The van der Waals surface area contributed by atoms with Crippen LogP contribution in [0.5, 0.6) is 0 Å². The Morgan fingerprint density at radius 3 is 1.55 bits per heavy atom. The molecule has 0 aromatic heterocycles. The Kier molecular flexibility index (Phi) is 4.73. The molecule has 1 aromatic rings. The first kappa shape index (κ1) is 18.5. The van der Waals surface area contributed by atoms with Gasteiger partial charge in [0, 0.05) is 5.56 Å². The van der Waals surface area contributed by atoms with Gasteiger partial charge in [-0.25, -0.2) is 0 Å². The summed E-state index contributed by atoms with van der Waals surface area (Å²) < 4.78 is 85.0. The minimum atomic E-state index is -5.67. The van der Waals surface area contributed by atoms with Gasteiger partial charge in [-0.3, -0.25) is 0 Å². The summed E-state index contributed by atoms with van der Waals surface area (Å²) in [6.07, 6.45) is -10.0. The number of hydrogen-bond acceptors (Lipinski definition) is 1. The molecule has 0 heterocycles. The van der Waals surface area contributed by atoms with Gasteiger partial charge in [-0.15, -0.1) is 0 Å². The van der Waals surface area contributed by atoms with E-state index in [1.54, 1.807) is 0 Å². The van der Waals surface area contributed by atoms with Crippen LogP contribution in [-0.4, -0.2) is 18.0 Å². The number of alkyl halides is 6. The van der Waals surface area contributed by atoms with Gasteiger partial charge in [-0.1, -0.05) is 36.9 Å². The molecule has 0 aliphatic carbocycles. The molecule has 0 saturated heterocycles. The third-order valence-electron chi connectivity index (χ3n) is 2.81. The van der Waals surface area contributed by atoms with E-state index in [1.165, 1.54) is 6.08 Å². The highest BCUT2D eigenvalue weighted by Crippen LogP contribution is 2.54. The van der Waals surface area contributed by atoms with E-state index in [9.17, 15) is 26.3 Å². The lowest BCUT2D eigenvalue weighted by Gasteiger charge is -2.41. The Hall–Kier alpha value is -1.50. The fourth-order valence-electron chi connectivity index (χ4n) is 1.98. The highest BCUT2D eigenvalue weighted by molar-refractivity contribution is 5.48. The van der Waals surface area contributed by atoms with Crippen LogP contribution in [-0.2, 0) is 10.3 Å². The quantitative estimate of drug-likeness (QED) is 0.670. The lowest BCUT2D eigenvalue weighted by molar-refractivity contribution is -0.407. The van der Waals surface area contributed by atoms with Gasteiger partial charge in [-0.2, -0.15) is 26.3 Å². The summed E-state index contributed by atoms with van der Waals surface area (Å²) in [7, 11) is 0. The van der Waals surface area contributed by atoms with Gasteiger partial charge in [0.1, 0.15) is 0 Å². The third kappa shape index (κ3) is 3.45. The van der Waals surface area contributed by atoms with Gasteiger partial charge in [0.25, 0.3) is 5.60 Å². The van der Waals surface area contributed by atoms with Crippen molar-refractivity contribution in [1.29, 1.82) is 0 Å². The van der Waals surface area contributed by atoms with Crippen molar-refractivity contribution >= 4 is 6.08 Å². The molecule has 7 heteroatoms. The van der Waals surface area contributed by atoms with E-state index >= 15 is 0 Å². The standard InChI is InChI=1S/C15H16F6O/c1-5-10-6-8-11(9-7-10)13(14(16,17)18,15(19,20)21)22-12(2,3)4/h5-9H,1H2,2-4H3. The second-order valence-corrected chi connectivity index (χ2v) is 5.72. The SMILES string of the molecule is C=Cc1ccc(C(OC(C)(C)C)(C(F)(F)F)C(F)(F)F)cc1. The Balaban J connectivity index is 3.64. The van der Waals surface area contributed by atoms with E-state index in [0.717, 1.165) is 45.0 Å². The minimum Gasteiger partial charge on any atom is -0.348 e. The molecule has 0 saturated carbocycles. The van der Waals surface area contributed by atoms with Crippen molar-refractivity contribution in [3.8, 4) is 0 Å². The predicted molar refractivity (Wildman–Crippen MR) is 71.2 cm³/mol. The molecule has 0 amide bonds. The second-order valence-electron chi connectivity index (χ2n) is 5.72. The largest absolute Gasteiger partial charge is 0.430 e. The van der Waals surface area contributed by atoms with Crippen molar-refractivity contribution in [1.82, 2.24) is 0 Å². The molecule has 0 spiro atoms. The monoisotopic (exact) mass is 326 g/mol. The molecule has 1 rings (SSSR count). The summed E-state index contributed by atoms with van der Waals surface area (Å²) in [4.78, 5) is 0. The molecular formula is C15H16F6O. The summed E-state index contributed by atoms with van der Waals surface area (Å²) in [5, 5.41) is 0. The van der Waals surface area contributed by atoms with E-state index in [0.29, 0.717) is 5.56 Å². The molecule has 0 aliphatic rings. The van der Waals surface area contributed by atoms with Gasteiger partial charge in [0.15, 0.2) is 0 Å². The summed E-state index contributed by atoms with van der Waals surface area (Å²) in [6, 6.07) is 3.76. The van der Waals surface area contributed by atoms with Crippen molar-refractivity contribution in [2.45, 2.75) is 44.3 Å². The number of benzene rings is 1. The van der Waals surface area contributed by atoms with E-state index in [4.69, 9.17) is 0 Å². The van der Waals surface area contributed by atoms with Crippen LogP contribution in [0.15, 0.2) is 30.8 Å². The molecule has 1 nitrogen and oxygen atoms in total. The second kappa shape index (κ2) is 5.61. The average molecular weight is 326 g/mol. The van der Waals surface area contributed by atoms with Gasteiger partial charge >= 0.3 is 12.4 Å². The van der Waals surface area contributed by atoms with Crippen molar-refractivity contribution < 1.29 is 31.1 Å². The van der Waals surface area contributed by atoms with Crippen LogP contribution in [0.4, 0.5) is 26.3 Å². The lowest BCUT2D eigenvalue weighted by Crippen LogP contribution is -2.58. The number of ether oxygens (including phenoxy) is 1. The average Bonchev–Trinajstić information content (AvgIpc) is 2.32. The zero-order chi connectivity index (χ0) is 17.4. The van der Waals surface area contributed by atoms with E-state index in [2.05, 4.69) is 11.3 Å². The van der Waals surface area contributed by atoms with E-state index < -0.39 is 29.1 Å². The van der Waals surface area contributed by atoms with E-state index in [-0.39, 0.29) is 0 Å². The summed E-state index contributed by atoms with van der Waals surface area (Å²) in [5.74, 6) is 0. The maximum atomic E-state index is 13.4. The first-order chi connectivity index (χ1) is 9.74. The molecular weight excluding hydrogens is 310 g/mol. The van der Waals surface area contributed by atoms with Crippen LogP contribution in [0.2, 0.25) is 0 Å². The summed E-state index contributed by atoms with van der Waals surface area (Å²) in [5.41, 5.74) is -6.68. The molecule has 0 aliphatic heterocycles. The molecule has 0 atom stereocenters. The Bertz CT molecular complexity index is 505. The Morgan fingerprint density at radius 2 is 1.27 bits per heavy atom. The number of hydrogen-bond donors (Lipinski definition) is 0. The molecule has 0 fully saturated rings. The Labute approximate surface area is 124 Å². The molecule has 0 unspecified atom stereocenters. The first-order valence-corrected chi connectivity index (χ1v) is 6.31. The number of halogens is 6. The zero-order valence-corrected chi connectivity index (χ0v) is 12.3. The van der Waals surface area contributed by atoms with Crippen molar-refractivity contribution in [2.75, 3.05) is 0 Å². The third-order valence-corrected chi connectivity index (χ3v) is 2.81. The zero-order valence-electron chi connectivity index (χ0n) is 12.3. The van der Waals surface area contributed by atoms with Crippen LogP contribution < -0.4 is 0 Å². The summed E-state index contributed by atoms with van der Waals surface area (Å²) in [6.45, 7) is 6.81. The first-order valence-electron chi connectivity index (χ1n) is 6.31. The molecule has 0 radical (unpaired) electrons. The summed E-state index contributed by atoms with van der Waals surface area (Å²) >= 11 is 0. The highest BCUT2D eigenvalue weighted by atomic mass is 19.4. The molecule has 1 aromatic carbocycles. The highest BCUT2D eigenvalue weighted by Gasteiger charge is 2.74. The molecule has 0 N–H and O–H groups in total. The predicted octanol–water partition coefficient (Wildman–Crippen LogP) is 5.46. The van der Waals surface area contributed by atoms with Crippen LogP contribution in [0.3, 0.4) is 0 Å². The topological polar surface area (TPSA) is 9.23 Å². The maximum Gasteiger partial charge on any atom is 0.430 e. The fraction of sp³-hybridized carbons (Fsp3) is 0.467. The van der Waals surface area contributed by atoms with Crippen LogP contribution in [0, 0.1) is 0 Å². The van der Waals surface area contributed by atoms with Gasteiger partial charge < -0.3 is 4.74 Å². The normalized spacial score (nSPS) is 14.0.